The topological polar surface area (TPSA) is 38.9 Å². The molecule has 0 atom stereocenters. The highest BCUT2D eigenvalue weighted by Gasteiger charge is 2.02. The molecule has 54 valence electrons. The molecule has 10 heavy (non-hydrogen) atoms. The van der Waals surface area contributed by atoms with Gasteiger partial charge in [-0.25, -0.2) is 9.37 Å². The molecule has 2 nitrogen and oxygen atoms in total. The summed E-state index contributed by atoms with van der Waals surface area (Å²) in [4.78, 5) is 3.64. The van der Waals surface area contributed by atoms with Crippen molar-refractivity contribution in [2.75, 3.05) is 5.73 Å². The van der Waals surface area contributed by atoms with Gasteiger partial charge >= 0.3 is 0 Å². The normalized spacial score (nSPS) is 9.90. The zero-order valence-electron chi connectivity index (χ0n) is 5.36. The first-order chi connectivity index (χ1) is 4.61. The highest BCUT2D eigenvalue weighted by atomic mass is 35.5. The molecule has 2 N–H and O–H groups in total. The molecule has 0 saturated heterocycles. The van der Waals surface area contributed by atoms with Crippen molar-refractivity contribution in [3.8, 4) is 0 Å². The standard InChI is InChI=1S/C6H6ClFN2/c1-3-5(8)2-4(7)6(9)10-3/h2H,1H3,(H2,9,10). The van der Waals surface area contributed by atoms with E-state index in [1.807, 2.05) is 0 Å². The molecule has 0 aliphatic rings. The van der Waals surface area contributed by atoms with Crippen molar-refractivity contribution in [2.45, 2.75) is 6.92 Å². The highest BCUT2D eigenvalue weighted by molar-refractivity contribution is 6.32. The van der Waals surface area contributed by atoms with Gasteiger partial charge in [-0.2, -0.15) is 0 Å². The van der Waals surface area contributed by atoms with Crippen LogP contribution in [0.5, 0.6) is 0 Å². The van der Waals surface area contributed by atoms with Gasteiger partial charge in [0.15, 0.2) is 0 Å². The van der Waals surface area contributed by atoms with E-state index in [-0.39, 0.29) is 16.5 Å². The smallest absolute Gasteiger partial charge is 0.146 e. The summed E-state index contributed by atoms with van der Waals surface area (Å²) in [6, 6.07) is 1.15. The van der Waals surface area contributed by atoms with E-state index in [2.05, 4.69) is 4.98 Å². The molecular weight excluding hydrogens is 155 g/mol. The van der Waals surface area contributed by atoms with Gasteiger partial charge in [-0.3, -0.25) is 0 Å². The van der Waals surface area contributed by atoms with E-state index < -0.39 is 5.82 Å². The predicted molar refractivity (Wildman–Crippen MR) is 38.4 cm³/mol. The van der Waals surface area contributed by atoms with Gasteiger partial charge in [0.25, 0.3) is 0 Å². The zero-order valence-corrected chi connectivity index (χ0v) is 6.11. The summed E-state index contributed by atoms with van der Waals surface area (Å²) in [5.41, 5.74) is 5.55. The van der Waals surface area contributed by atoms with Gasteiger partial charge in [-0.05, 0) is 13.0 Å². The van der Waals surface area contributed by atoms with E-state index in [9.17, 15) is 4.39 Å². The Morgan fingerprint density at radius 3 is 2.80 bits per heavy atom. The fourth-order valence-electron chi connectivity index (χ4n) is 0.577. The molecule has 0 fully saturated rings. The molecule has 0 amide bonds. The minimum Gasteiger partial charge on any atom is -0.382 e. The van der Waals surface area contributed by atoms with Crippen molar-refractivity contribution in [2.24, 2.45) is 0 Å². The van der Waals surface area contributed by atoms with E-state index in [4.69, 9.17) is 17.3 Å². The molecule has 0 unspecified atom stereocenters. The molecule has 0 aliphatic heterocycles. The Balaban J connectivity index is 3.28. The summed E-state index contributed by atoms with van der Waals surface area (Å²) < 4.78 is 12.6. The van der Waals surface area contributed by atoms with Gasteiger partial charge < -0.3 is 5.73 Å². The van der Waals surface area contributed by atoms with Crippen LogP contribution in [0.1, 0.15) is 5.69 Å². The van der Waals surface area contributed by atoms with Crippen LogP contribution in [0.25, 0.3) is 0 Å². The summed E-state index contributed by atoms with van der Waals surface area (Å²) in [6.07, 6.45) is 0. The third-order valence-electron chi connectivity index (χ3n) is 1.13. The second-order valence-corrected chi connectivity index (χ2v) is 2.33. The maximum atomic E-state index is 12.6. The van der Waals surface area contributed by atoms with Crippen molar-refractivity contribution in [1.29, 1.82) is 0 Å². The maximum absolute atomic E-state index is 12.6. The van der Waals surface area contributed by atoms with Crippen LogP contribution in [-0.4, -0.2) is 4.98 Å². The third kappa shape index (κ3) is 1.19. The van der Waals surface area contributed by atoms with E-state index in [1.54, 1.807) is 0 Å². The van der Waals surface area contributed by atoms with Crippen molar-refractivity contribution < 1.29 is 4.39 Å². The molecule has 0 aromatic carbocycles. The number of aromatic nitrogens is 1. The first-order valence-corrected chi connectivity index (χ1v) is 3.07. The lowest BCUT2D eigenvalue weighted by molar-refractivity contribution is 0.610. The molecule has 1 rings (SSSR count). The number of rotatable bonds is 0. The van der Waals surface area contributed by atoms with Crippen LogP contribution in [0.2, 0.25) is 5.02 Å². The summed E-state index contributed by atoms with van der Waals surface area (Å²) in [7, 11) is 0. The van der Waals surface area contributed by atoms with Gasteiger partial charge in [-0.1, -0.05) is 11.6 Å². The maximum Gasteiger partial charge on any atom is 0.146 e. The molecule has 0 bridgehead atoms. The van der Waals surface area contributed by atoms with Gasteiger partial charge in [0.05, 0.1) is 10.7 Å². The van der Waals surface area contributed by atoms with Crippen LogP contribution < -0.4 is 5.73 Å². The number of hydrogen-bond acceptors (Lipinski definition) is 2. The molecule has 1 aromatic heterocycles. The van der Waals surface area contributed by atoms with Gasteiger partial charge in [0.1, 0.15) is 11.6 Å². The highest BCUT2D eigenvalue weighted by Crippen LogP contribution is 2.17. The Bertz CT molecular complexity index is 212. The summed E-state index contributed by atoms with van der Waals surface area (Å²) in [6.45, 7) is 1.53. The van der Waals surface area contributed by atoms with Crippen LogP contribution in [0, 0.1) is 12.7 Å². The lowest BCUT2D eigenvalue weighted by Crippen LogP contribution is -1.95. The summed E-state index contributed by atoms with van der Waals surface area (Å²) in [5, 5.41) is 0.156. The summed E-state index contributed by atoms with van der Waals surface area (Å²) in [5.74, 6) is -0.264. The Hall–Kier alpha value is -0.830. The average Bonchev–Trinajstić information content (AvgIpc) is 1.84. The van der Waals surface area contributed by atoms with E-state index in [0.29, 0.717) is 0 Å². The van der Waals surface area contributed by atoms with Crippen molar-refractivity contribution in [1.82, 2.24) is 4.98 Å². The predicted octanol–water partition coefficient (Wildman–Crippen LogP) is 1.76. The quantitative estimate of drug-likeness (QED) is 0.628. The molecule has 1 aromatic rings. The van der Waals surface area contributed by atoms with E-state index in [0.717, 1.165) is 6.07 Å². The van der Waals surface area contributed by atoms with Crippen LogP contribution >= 0.6 is 11.6 Å². The SMILES string of the molecule is Cc1nc(N)c(Cl)cc1F. The molecule has 1 heterocycles. The fourth-order valence-corrected chi connectivity index (χ4v) is 0.715. The first kappa shape index (κ1) is 7.28. The van der Waals surface area contributed by atoms with Crippen molar-refractivity contribution in [3.05, 3.63) is 22.6 Å². The number of nitrogens with zero attached hydrogens (tertiary/aromatic N) is 1. The van der Waals surface area contributed by atoms with Crippen LogP contribution in [0.4, 0.5) is 10.2 Å². The number of nitrogen functional groups attached to an aromatic ring is 1. The monoisotopic (exact) mass is 160 g/mol. The molecular formula is C6H6ClFN2. The Morgan fingerprint density at radius 1 is 1.70 bits per heavy atom. The first-order valence-electron chi connectivity index (χ1n) is 2.69. The number of nitrogens with two attached hydrogens (primary N) is 1. The molecule has 0 saturated carbocycles. The van der Waals surface area contributed by atoms with Crippen LogP contribution in [0.3, 0.4) is 0 Å². The molecule has 0 spiro atoms. The number of anilines is 1. The van der Waals surface area contributed by atoms with Gasteiger partial charge in [0.2, 0.25) is 0 Å². The Kier molecular flexibility index (Phi) is 1.76. The summed E-state index contributed by atoms with van der Waals surface area (Å²) >= 11 is 5.46. The number of halogens is 2. The molecule has 4 heteroatoms. The minimum atomic E-state index is -0.431. The number of pyridine rings is 1. The largest absolute Gasteiger partial charge is 0.382 e. The third-order valence-corrected chi connectivity index (χ3v) is 1.43. The second-order valence-electron chi connectivity index (χ2n) is 1.92. The van der Waals surface area contributed by atoms with Crippen LogP contribution in [-0.2, 0) is 0 Å². The Labute approximate surface area is 62.8 Å². The van der Waals surface area contributed by atoms with Crippen molar-refractivity contribution >= 4 is 17.4 Å². The molecule has 0 aliphatic carbocycles. The Morgan fingerprint density at radius 2 is 2.30 bits per heavy atom. The lowest BCUT2D eigenvalue weighted by atomic mass is 10.3. The van der Waals surface area contributed by atoms with E-state index in [1.165, 1.54) is 6.92 Å². The minimum absolute atomic E-state index is 0.156. The van der Waals surface area contributed by atoms with Crippen molar-refractivity contribution in [3.63, 3.8) is 0 Å². The zero-order chi connectivity index (χ0) is 7.72. The second kappa shape index (κ2) is 2.42. The average molecular weight is 161 g/mol. The fraction of sp³-hybridized carbons (Fsp3) is 0.167. The number of aryl methyl sites for hydroxylation is 1. The molecule has 0 radical (unpaired) electrons. The lowest BCUT2D eigenvalue weighted by Gasteiger charge is -1.98. The van der Waals surface area contributed by atoms with Crippen LogP contribution in [0.15, 0.2) is 6.07 Å². The van der Waals surface area contributed by atoms with Gasteiger partial charge in [-0.15, -0.1) is 0 Å². The van der Waals surface area contributed by atoms with E-state index >= 15 is 0 Å². The number of hydrogen-bond donors (Lipinski definition) is 1. The van der Waals surface area contributed by atoms with Gasteiger partial charge in [0, 0.05) is 0 Å².